The minimum absolute atomic E-state index is 0.0845. The summed E-state index contributed by atoms with van der Waals surface area (Å²) in [6.45, 7) is 6.53. The van der Waals surface area contributed by atoms with E-state index in [1.165, 1.54) is 154 Å². The smallest absolute Gasteiger partial charge is 0.306 e. The molecule has 0 heterocycles. The predicted molar refractivity (Wildman–Crippen MR) is 348 cm³/mol. The van der Waals surface area contributed by atoms with E-state index in [9.17, 15) is 14.4 Å². The Balaban J connectivity index is 4.33. The molecule has 0 bridgehead atoms. The van der Waals surface area contributed by atoms with Crippen molar-refractivity contribution in [3.8, 4) is 0 Å². The van der Waals surface area contributed by atoms with Gasteiger partial charge in [-0.25, -0.2) is 0 Å². The molecule has 0 aliphatic carbocycles. The van der Waals surface area contributed by atoms with Gasteiger partial charge in [0.25, 0.3) is 0 Å². The fraction of sp³-hybridized carbons (Fsp3) is 0.716. The maximum atomic E-state index is 12.9. The van der Waals surface area contributed by atoms with Gasteiger partial charge in [-0.15, -0.1) is 0 Å². The van der Waals surface area contributed by atoms with Crippen LogP contribution >= 0.6 is 0 Å². The van der Waals surface area contributed by atoms with Crippen LogP contribution in [0.25, 0.3) is 0 Å². The molecule has 0 aliphatic rings. The van der Waals surface area contributed by atoms with Gasteiger partial charge < -0.3 is 14.2 Å². The van der Waals surface area contributed by atoms with Gasteiger partial charge in [0.05, 0.1) is 0 Å². The summed E-state index contributed by atoms with van der Waals surface area (Å²) in [6, 6.07) is 0. The average molecular weight is 1110 g/mol. The zero-order valence-electron chi connectivity index (χ0n) is 52.6. The first-order valence-corrected chi connectivity index (χ1v) is 33.9. The molecule has 0 spiro atoms. The summed E-state index contributed by atoms with van der Waals surface area (Å²) in [5.74, 6) is -0.894. The number of ether oxygens (including phenoxy) is 3. The zero-order valence-corrected chi connectivity index (χ0v) is 52.6. The van der Waals surface area contributed by atoms with Crippen LogP contribution in [0.1, 0.15) is 323 Å². The van der Waals surface area contributed by atoms with Crippen molar-refractivity contribution in [2.24, 2.45) is 0 Å². The third-order valence-corrected chi connectivity index (χ3v) is 14.5. The maximum Gasteiger partial charge on any atom is 0.306 e. The van der Waals surface area contributed by atoms with Crippen LogP contribution in [-0.2, 0) is 28.6 Å². The first-order valence-electron chi connectivity index (χ1n) is 33.9. The fourth-order valence-electron chi connectivity index (χ4n) is 9.45. The van der Waals surface area contributed by atoms with Gasteiger partial charge in [-0.05, 0) is 109 Å². The standard InChI is InChI=1S/C74H126O6/c1-4-7-10-13-16-19-22-25-28-30-31-32-33-34-35-36-37-38-39-40-41-42-43-44-47-49-52-55-58-61-64-67-73(76)79-70-71(69-78-72(75)66-63-60-57-54-51-48-45-27-24-21-18-15-12-9-6-3)80-74(77)68-65-62-59-56-53-50-46-29-26-23-20-17-14-11-8-5-2/h7,10,16,19,25,27-28,31-32,34-35,37-38,40-41,43-45,71H,4-6,8-9,11-15,17-18,20-24,26,29-30,33,36,39,42,46-70H2,1-3H3/b10-7-,19-16-,28-25-,32-31-,35-34-,38-37-,41-40-,44-43-,45-27-. The minimum atomic E-state index is -0.788. The Morgan fingerprint density at radius 3 is 0.775 bits per heavy atom. The summed E-state index contributed by atoms with van der Waals surface area (Å²) >= 11 is 0. The molecule has 1 atom stereocenters. The largest absolute Gasteiger partial charge is 0.462 e. The molecule has 0 aromatic carbocycles. The van der Waals surface area contributed by atoms with E-state index in [-0.39, 0.29) is 31.1 Å². The van der Waals surface area contributed by atoms with Gasteiger partial charge in [0.1, 0.15) is 13.2 Å². The van der Waals surface area contributed by atoms with Gasteiger partial charge in [-0.1, -0.05) is 304 Å². The van der Waals surface area contributed by atoms with E-state index in [4.69, 9.17) is 14.2 Å². The Morgan fingerprint density at radius 2 is 0.487 bits per heavy atom. The summed E-state index contributed by atoms with van der Waals surface area (Å²) in [6.07, 6.45) is 92.4. The molecular weight excluding hydrogens is 985 g/mol. The van der Waals surface area contributed by atoms with Gasteiger partial charge in [0, 0.05) is 19.3 Å². The van der Waals surface area contributed by atoms with Crippen molar-refractivity contribution in [1.82, 2.24) is 0 Å². The topological polar surface area (TPSA) is 78.9 Å². The number of hydrogen-bond acceptors (Lipinski definition) is 6. The average Bonchev–Trinajstić information content (AvgIpc) is 3.46. The highest BCUT2D eigenvalue weighted by atomic mass is 16.6. The number of unbranched alkanes of at least 4 members (excludes halogenated alkanes) is 32. The third-order valence-electron chi connectivity index (χ3n) is 14.5. The van der Waals surface area contributed by atoms with Gasteiger partial charge >= 0.3 is 17.9 Å². The molecule has 0 aromatic rings. The third kappa shape index (κ3) is 64.9. The molecular formula is C74H126O6. The second-order valence-corrected chi connectivity index (χ2v) is 22.4. The predicted octanol–water partition coefficient (Wildman–Crippen LogP) is 23.4. The van der Waals surface area contributed by atoms with Crippen LogP contribution in [0.3, 0.4) is 0 Å². The van der Waals surface area contributed by atoms with Crippen LogP contribution in [0.15, 0.2) is 109 Å². The Labute approximate surface area is 495 Å². The molecule has 0 radical (unpaired) electrons. The Morgan fingerprint density at radius 1 is 0.263 bits per heavy atom. The number of carbonyl (C=O) groups excluding carboxylic acids is 3. The summed E-state index contributed by atoms with van der Waals surface area (Å²) in [4.78, 5) is 38.4. The Bertz CT molecular complexity index is 1610. The lowest BCUT2D eigenvalue weighted by molar-refractivity contribution is -0.167. The van der Waals surface area contributed by atoms with E-state index in [2.05, 4.69) is 130 Å². The van der Waals surface area contributed by atoms with Crippen LogP contribution in [0.5, 0.6) is 0 Å². The molecule has 0 aliphatic heterocycles. The summed E-state index contributed by atoms with van der Waals surface area (Å²) in [7, 11) is 0. The van der Waals surface area contributed by atoms with E-state index in [1.54, 1.807) is 0 Å². The highest BCUT2D eigenvalue weighted by Gasteiger charge is 2.19. The normalized spacial score (nSPS) is 12.8. The van der Waals surface area contributed by atoms with Crippen molar-refractivity contribution in [1.29, 1.82) is 0 Å². The zero-order chi connectivity index (χ0) is 57.8. The van der Waals surface area contributed by atoms with E-state index < -0.39 is 6.10 Å². The highest BCUT2D eigenvalue weighted by Crippen LogP contribution is 2.16. The fourth-order valence-corrected chi connectivity index (χ4v) is 9.45. The van der Waals surface area contributed by atoms with Gasteiger partial charge in [-0.3, -0.25) is 14.4 Å². The monoisotopic (exact) mass is 1110 g/mol. The molecule has 0 aromatic heterocycles. The lowest BCUT2D eigenvalue weighted by Gasteiger charge is -2.18. The van der Waals surface area contributed by atoms with Gasteiger partial charge in [0.2, 0.25) is 0 Å². The number of allylic oxidation sites excluding steroid dienone is 18. The van der Waals surface area contributed by atoms with Crippen molar-refractivity contribution in [3.63, 3.8) is 0 Å². The quantitative estimate of drug-likeness (QED) is 0.0261. The molecule has 0 N–H and O–H groups in total. The van der Waals surface area contributed by atoms with E-state index >= 15 is 0 Å². The molecule has 6 nitrogen and oxygen atoms in total. The van der Waals surface area contributed by atoms with E-state index in [0.29, 0.717) is 19.3 Å². The minimum Gasteiger partial charge on any atom is -0.462 e. The summed E-state index contributed by atoms with van der Waals surface area (Å²) in [5.41, 5.74) is 0. The van der Waals surface area contributed by atoms with Crippen LogP contribution in [0.2, 0.25) is 0 Å². The lowest BCUT2D eigenvalue weighted by atomic mass is 10.0. The number of esters is 3. The van der Waals surface area contributed by atoms with Crippen molar-refractivity contribution < 1.29 is 28.6 Å². The lowest BCUT2D eigenvalue weighted by Crippen LogP contribution is -2.30. The highest BCUT2D eigenvalue weighted by molar-refractivity contribution is 5.71. The summed E-state index contributed by atoms with van der Waals surface area (Å²) < 4.78 is 16.9. The number of hydrogen-bond donors (Lipinski definition) is 0. The Kier molecular flexibility index (Phi) is 64.3. The molecule has 0 fully saturated rings. The van der Waals surface area contributed by atoms with Crippen molar-refractivity contribution >= 4 is 17.9 Å². The van der Waals surface area contributed by atoms with Crippen LogP contribution in [0.4, 0.5) is 0 Å². The summed E-state index contributed by atoms with van der Waals surface area (Å²) in [5, 5.41) is 0. The van der Waals surface area contributed by atoms with E-state index in [0.717, 1.165) is 128 Å². The molecule has 6 heteroatoms. The van der Waals surface area contributed by atoms with Gasteiger partial charge in [-0.2, -0.15) is 0 Å². The molecule has 0 rings (SSSR count). The van der Waals surface area contributed by atoms with Crippen LogP contribution < -0.4 is 0 Å². The number of carbonyl (C=O) groups is 3. The number of rotatable bonds is 61. The molecule has 80 heavy (non-hydrogen) atoms. The molecule has 0 saturated carbocycles. The second kappa shape index (κ2) is 67.6. The van der Waals surface area contributed by atoms with Gasteiger partial charge in [0.15, 0.2) is 6.10 Å². The van der Waals surface area contributed by atoms with Crippen molar-refractivity contribution in [3.05, 3.63) is 109 Å². The first-order chi connectivity index (χ1) is 39.5. The molecule has 458 valence electrons. The SMILES string of the molecule is CC/C=C\C/C=C\C/C=C\C/C=C\C/C=C\C/C=C\C/C=C\C/C=C\CCCCCCCCC(=O)OCC(COC(=O)CCCCCCC/C=C\CCCCCCCC)OC(=O)CCCCCCCCCCCCCCCCCC. The van der Waals surface area contributed by atoms with E-state index in [1.807, 2.05) is 0 Å². The molecule has 0 amide bonds. The molecule has 1 unspecified atom stereocenters. The Hall–Kier alpha value is -3.93. The first kappa shape index (κ1) is 76.1. The maximum absolute atomic E-state index is 12.9. The van der Waals surface area contributed by atoms with Crippen LogP contribution in [0, 0.1) is 0 Å². The molecule has 0 saturated heterocycles. The second-order valence-electron chi connectivity index (χ2n) is 22.4. The van der Waals surface area contributed by atoms with Crippen LogP contribution in [-0.4, -0.2) is 37.2 Å². The van der Waals surface area contributed by atoms with Crippen molar-refractivity contribution in [2.75, 3.05) is 13.2 Å². The van der Waals surface area contributed by atoms with Crippen molar-refractivity contribution in [2.45, 2.75) is 329 Å².